The van der Waals surface area contributed by atoms with Crippen LogP contribution in [0.4, 0.5) is 0 Å². The van der Waals surface area contributed by atoms with Crippen LogP contribution in [0.2, 0.25) is 5.02 Å². The molecule has 1 amide bonds. The Hall–Kier alpha value is -3.51. The van der Waals surface area contributed by atoms with E-state index < -0.39 is 6.04 Å². The molecule has 0 radical (unpaired) electrons. The summed E-state index contributed by atoms with van der Waals surface area (Å²) in [7, 11) is 0. The largest absolute Gasteiger partial charge is 0.454 e. The Morgan fingerprint density at radius 2 is 1.91 bits per heavy atom. The molecule has 0 saturated carbocycles. The summed E-state index contributed by atoms with van der Waals surface area (Å²) in [5, 5.41) is 3.72. The van der Waals surface area contributed by atoms with Gasteiger partial charge < -0.3 is 19.4 Å². The summed E-state index contributed by atoms with van der Waals surface area (Å²) in [6.07, 6.45) is 0.578. The van der Waals surface area contributed by atoms with Crippen molar-refractivity contribution in [2.24, 2.45) is 0 Å². The fourth-order valence-corrected chi connectivity index (χ4v) is 4.20. The molecule has 0 saturated heterocycles. The van der Waals surface area contributed by atoms with E-state index in [1.807, 2.05) is 78.2 Å². The smallest absolute Gasteiger partial charge is 0.243 e. The normalized spacial score (nSPS) is 13.3. The second-order valence-electron chi connectivity index (χ2n) is 7.77. The highest BCUT2D eigenvalue weighted by Crippen LogP contribution is 2.32. The molecular weight excluding hydrogens is 426 g/mol. The van der Waals surface area contributed by atoms with Crippen LogP contribution in [-0.2, 0) is 17.8 Å². The van der Waals surface area contributed by atoms with E-state index in [4.69, 9.17) is 26.1 Å². The topological polar surface area (TPSA) is 65.4 Å². The molecule has 5 rings (SSSR count). The Kier molecular flexibility index (Phi) is 5.45. The van der Waals surface area contributed by atoms with E-state index in [-0.39, 0.29) is 12.7 Å². The predicted molar refractivity (Wildman–Crippen MR) is 123 cm³/mol. The number of rotatable bonds is 6. The van der Waals surface area contributed by atoms with Gasteiger partial charge in [-0.25, -0.2) is 4.98 Å². The van der Waals surface area contributed by atoms with Crippen molar-refractivity contribution in [2.75, 3.05) is 6.79 Å². The van der Waals surface area contributed by atoms with Crippen molar-refractivity contribution in [3.05, 3.63) is 88.7 Å². The van der Waals surface area contributed by atoms with Gasteiger partial charge in [-0.3, -0.25) is 4.79 Å². The third-order valence-electron chi connectivity index (χ3n) is 5.59. The van der Waals surface area contributed by atoms with E-state index >= 15 is 0 Å². The molecule has 1 aliphatic rings. The Morgan fingerprint density at radius 1 is 1.06 bits per heavy atom. The zero-order chi connectivity index (χ0) is 22.1. The number of halogens is 1. The van der Waals surface area contributed by atoms with Gasteiger partial charge in [0.1, 0.15) is 11.9 Å². The Balaban J connectivity index is 1.39. The number of ether oxygens (including phenoxy) is 2. The molecule has 162 valence electrons. The number of carbonyl (C=O) groups excluding carboxylic acids is 1. The number of hydrogen-bond acceptors (Lipinski definition) is 4. The average molecular weight is 448 g/mol. The summed E-state index contributed by atoms with van der Waals surface area (Å²) in [5.41, 5.74) is 3.78. The fourth-order valence-electron chi connectivity index (χ4n) is 3.99. The molecule has 32 heavy (non-hydrogen) atoms. The molecule has 0 unspecified atom stereocenters. The number of carbonyl (C=O) groups is 1. The summed E-state index contributed by atoms with van der Waals surface area (Å²) in [6, 6.07) is 20.8. The number of hydrogen-bond donors (Lipinski definition) is 1. The van der Waals surface area contributed by atoms with Gasteiger partial charge in [0.25, 0.3) is 0 Å². The second-order valence-corrected chi connectivity index (χ2v) is 8.21. The van der Waals surface area contributed by atoms with Crippen molar-refractivity contribution < 1.29 is 14.3 Å². The molecule has 7 heteroatoms. The molecule has 1 aromatic heterocycles. The van der Waals surface area contributed by atoms with Crippen molar-refractivity contribution in [1.82, 2.24) is 14.9 Å². The molecule has 0 aliphatic carbocycles. The highest BCUT2D eigenvalue weighted by molar-refractivity contribution is 6.30. The van der Waals surface area contributed by atoms with Crippen molar-refractivity contribution >= 4 is 28.5 Å². The molecular formula is C25H22ClN3O3. The lowest BCUT2D eigenvalue weighted by molar-refractivity contribution is -0.124. The van der Waals surface area contributed by atoms with Gasteiger partial charge in [0, 0.05) is 18.0 Å². The van der Waals surface area contributed by atoms with Crippen LogP contribution in [0, 0.1) is 0 Å². The van der Waals surface area contributed by atoms with Gasteiger partial charge in [-0.05, 0) is 54.4 Å². The zero-order valence-electron chi connectivity index (χ0n) is 17.5. The van der Waals surface area contributed by atoms with Crippen molar-refractivity contribution in [3.8, 4) is 11.5 Å². The van der Waals surface area contributed by atoms with Crippen LogP contribution in [0.1, 0.15) is 29.9 Å². The van der Waals surface area contributed by atoms with E-state index in [1.54, 1.807) is 0 Å². The van der Waals surface area contributed by atoms with Crippen LogP contribution < -0.4 is 14.8 Å². The first-order valence-corrected chi connectivity index (χ1v) is 10.8. The van der Waals surface area contributed by atoms with Crippen LogP contribution in [0.3, 0.4) is 0 Å². The summed E-state index contributed by atoms with van der Waals surface area (Å²) < 4.78 is 12.8. The molecule has 0 fully saturated rings. The van der Waals surface area contributed by atoms with Crippen molar-refractivity contribution in [1.29, 1.82) is 0 Å². The summed E-state index contributed by atoms with van der Waals surface area (Å²) in [5.74, 6) is 2.16. The van der Waals surface area contributed by atoms with E-state index in [2.05, 4.69) is 5.32 Å². The molecule has 1 N–H and O–H groups in total. The summed E-state index contributed by atoms with van der Waals surface area (Å²) in [6.45, 7) is 2.52. The van der Waals surface area contributed by atoms with Gasteiger partial charge >= 0.3 is 0 Å². The van der Waals surface area contributed by atoms with Gasteiger partial charge in [-0.2, -0.15) is 0 Å². The Labute approximate surface area is 190 Å². The third-order valence-corrected chi connectivity index (χ3v) is 5.83. The first kappa shape index (κ1) is 20.4. The standard InChI is InChI=1S/C25H22ClN3O3/c1-16(25(30)27-14-18-9-10-22-23(12-18)32-15-31-22)29-21-8-3-2-7-20(21)28-24(29)13-17-5-4-6-19(26)11-17/h2-12,16H,13-15H2,1H3,(H,27,30)/t16-/m1/s1. The van der Waals surface area contributed by atoms with Crippen LogP contribution in [0.15, 0.2) is 66.7 Å². The van der Waals surface area contributed by atoms with Gasteiger partial charge in [-0.1, -0.05) is 41.9 Å². The highest BCUT2D eigenvalue weighted by Gasteiger charge is 2.22. The lowest BCUT2D eigenvalue weighted by atomic mass is 10.1. The second kappa shape index (κ2) is 8.55. The molecule has 4 aromatic rings. The van der Waals surface area contributed by atoms with Crippen LogP contribution in [-0.4, -0.2) is 22.3 Å². The fraction of sp³-hybridized carbons (Fsp3) is 0.200. The maximum Gasteiger partial charge on any atom is 0.243 e. The number of aromatic nitrogens is 2. The van der Waals surface area contributed by atoms with E-state index in [0.29, 0.717) is 23.7 Å². The lowest BCUT2D eigenvalue weighted by Crippen LogP contribution is -2.31. The zero-order valence-corrected chi connectivity index (χ0v) is 18.3. The average Bonchev–Trinajstić information content (AvgIpc) is 3.40. The number of nitrogens with one attached hydrogen (secondary N) is 1. The monoisotopic (exact) mass is 447 g/mol. The Morgan fingerprint density at radius 3 is 2.78 bits per heavy atom. The lowest BCUT2D eigenvalue weighted by Gasteiger charge is -2.18. The van der Waals surface area contributed by atoms with Gasteiger partial charge in [0.2, 0.25) is 12.7 Å². The number of benzene rings is 3. The van der Waals surface area contributed by atoms with Gasteiger partial charge in [0.05, 0.1) is 11.0 Å². The molecule has 6 nitrogen and oxygen atoms in total. The molecule has 1 aliphatic heterocycles. The minimum atomic E-state index is -0.439. The number of nitrogens with zero attached hydrogens (tertiary/aromatic N) is 2. The minimum absolute atomic E-state index is 0.0850. The van der Waals surface area contributed by atoms with Crippen LogP contribution in [0.5, 0.6) is 11.5 Å². The van der Waals surface area contributed by atoms with E-state index in [0.717, 1.165) is 33.7 Å². The summed E-state index contributed by atoms with van der Waals surface area (Å²) >= 11 is 6.17. The molecule has 0 bridgehead atoms. The van der Waals surface area contributed by atoms with E-state index in [1.165, 1.54) is 0 Å². The first-order valence-electron chi connectivity index (χ1n) is 10.4. The number of imidazole rings is 1. The number of amides is 1. The van der Waals surface area contributed by atoms with Crippen LogP contribution in [0.25, 0.3) is 11.0 Å². The van der Waals surface area contributed by atoms with E-state index in [9.17, 15) is 4.79 Å². The predicted octanol–water partition coefficient (Wildman–Crippen LogP) is 4.89. The number of fused-ring (bicyclic) bond motifs is 2. The maximum absolute atomic E-state index is 13.1. The number of para-hydroxylation sites is 2. The SMILES string of the molecule is C[C@H](C(=O)NCc1ccc2c(c1)OCO2)n1c(Cc2cccc(Cl)c2)nc2ccccc21. The van der Waals surface area contributed by atoms with Crippen LogP contribution >= 0.6 is 11.6 Å². The van der Waals surface area contributed by atoms with Crippen molar-refractivity contribution in [3.63, 3.8) is 0 Å². The quantitative estimate of drug-likeness (QED) is 0.457. The molecule has 1 atom stereocenters. The van der Waals surface area contributed by atoms with Gasteiger partial charge in [0.15, 0.2) is 11.5 Å². The summed E-state index contributed by atoms with van der Waals surface area (Å²) in [4.78, 5) is 17.9. The third kappa shape index (κ3) is 4.01. The minimum Gasteiger partial charge on any atom is -0.454 e. The van der Waals surface area contributed by atoms with Gasteiger partial charge in [-0.15, -0.1) is 0 Å². The highest BCUT2D eigenvalue weighted by atomic mass is 35.5. The molecule has 0 spiro atoms. The molecule has 3 aromatic carbocycles. The molecule has 2 heterocycles. The maximum atomic E-state index is 13.1. The van der Waals surface area contributed by atoms with Crippen molar-refractivity contribution in [2.45, 2.75) is 25.9 Å². The first-order chi connectivity index (χ1) is 15.6. The Bertz CT molecular complexity index is 1300.